The van der Waals surface area contributed by atoms with Crippen molar-refractivity contribution in [3.63, 3.8) is 0 Å². The Morgan fingerprint density at radius 3 is 2.50 bits per heavy atom. The van der Waals surface area contributed by atoms with E-state index in [9.17, 15) is 9.90 Å². The standard InChI is InChI=1S/C13H23N3O2/c17-13(18)16-9-6-14-12-10(4-3-5-11(12)16)15-7-1-2-8-15/h10-12,14H,1-9H2,(H,17,18). The largest absolute Gasteiger partial charge is 0.465 e. The van der Waals surface area contributed by atoms with Crippen molar-refractivity contribution in [2.24, 2.45) is 0 Å². The van der Waals surface area contributed by atoms with Crippen LogP contribution >= 0.6 is 0 Å². The summed E-state index contributed by atoms with van der Waals surface area (Å²) in [6.45, 7) is 3.84. The first kappa shape index (κ1) is 12.2. The summed E-state index contributed by atoms with van der Waals surface area (Å²) in [6.07, 6.45) is 5.27. The fraction of sp³-hybridized carbons (Fsp3) is 0.923. The lowest BCUT2D eigenvalue weighted by molar-refractivity contribution is 0.0349. The van der Waals surface area contributed by atoms with Gasteiger partial charge in [0.15, 0.2) is 0 Å². The molecular formula is C13H23N3O2. The van der Waals surface area contributed by atoms with Gasteiger partial charge in [-0.25, -0.2) is 4.79 Å². The number of nitrogens with one attached hydrogen (secondary N) is 1. The second kappa shape index (κ2) is 5.05. The summed E-state index contributed by atoms with van der Waals surface area (Å²) < 4.78 is 0. The van der Waals surface area contributed by atoms with Gasteiger partial charge in [-0.3, -0.25) is 4.90 Å². The zero-order chi connectivity index (χ0) is 12.5. The van der Waals surface area contributed by atoms with Crippen molar-refractivity contribution < 1.29 is 9.90 Å². The minimum absolute atomic E-state index is 0.190. The second-order valence-corrected chi connectivity index (χ2v) is 5.76. The fourth-order valence-corrected chi connectivity index (χ4v) is 4.01. The summed E-state index contributed by atoms with van der Waals surface area (Å²) in [5.74, 6) is 0. The molecule has 0 bridgehead atoms. The minimum Gasteiger partial charge on any atom is -0.465 e. The van der Waals surface area contributed by atoms with Crippen LogP contribution in [0.2, 0.25) is 0 Å². The third-order valence-electron chi connectivity index (χ3n) is 4.82. The molecule has 0 aromatic rings. The molecule has 5 heteroatoms. The Morgan fingerprint density at radius 2 is 1.78 bits per heavy atom. The van der Waals surface area contributed by atoms with E-state index in [0.29, 0.717) is 18.6 Å². The predicted molar refractivity (Wildman–Crippen MR) is 68.8 cm³/mol. The van der Waals surface area contributed by atoms with E-state index in [1.54, 1.807) is 4.90 Å². The Labute approximate surface area is 108 Å². The fourth-order valence-electron chi connectivity index (χ4n) is 4.01. The highest BCUT2D eigenvalue weighted by atomic mass is 16.4. The molecule has 0 aromatic carbocycles. The van der Waals surface area contributed by atoms with Crippen LogP contribution in [0.1, 0.15) is 32.1 Å². The van der Waals surface area contributed by atoms with E-state index >= 15 is 0 Å². The van der Waals surface area contributed by atoms with Crippen LogP contribution in [0.15, 0.2) is 0 Å². The van der Waals surface area contributed by atoms with E-state index in [1.807, 2.05) is 0 Å². The van der Waals surface area contributed by atoms with Crippen LogP contribution in [0.4, 0.5) is 4.79 Å². The van der Waals surface area contributed by atoms with Gasteiger partial charge < -0.3 is 15.3 Å². The molecule has 3 aliphatic rings. The van der Waals surface area contributed by atoms with Crippen molar-refractivity contribution in [2.75, 3.05) is 26.2 Å². The number of carboxylic acid groups (broad SMARTS) is 1. The molecule has 3 unspecified atom stereocenters. The Balaban J connectivity index is 1.75. The smallest absolute Gasteiger partial charge is 0.407 e. The molecule has 1 aliphatic carbocycles. The molecule has 2 saturated heterocycles. The summed E-state index contributed by atoms with van der Waals surface area (Å²) in [4.78, 5) is 15.6. The molecule has 1 saturated carbocycles. The number of rotatable bonds is 1. The number of hydrogen-bond acceptors (Lipinski definition) is 3. The second-order valence-electron chi connectivity index (χ2n) is 5.76. The molecule has 3 rings (SSSR count). The molecule has 3 fully saturated rings. The molecular weight excluding hydrogens is 230 g/mol. The number of nitrogens with zero attached hydrogens (tertiary/aromatic N) is 2. The highest BCUT2D eigenvalue weighted by Crippen LogP contribution is 2.30. The van der Waals surface area contributed by atoms with Crippen LogP contribution in [-0.4, -0.2) is 65.3 Å². The van der Waals surface area contributed by atoms with Gasteiger partial charge in [0.05, 0.1) is 6.04 Å². The molecule has 0 aromatic heterocycles. The van der Waals surface area contributed by atoms with E-state index in [4.69, 9.17) is 0 Å². The molecule has 5 nitrogen and oxygen atoms in total. The molecule has 2 N–H and O–H groups in total. The van der Waals surface area contributed by atoms with E-state index in [1.165, 1.54) is 32.4 Å². The maximum absolute atomic E-state index is 11.3. The van der Waals surface area contributed by atoms with Crippen molar-refractivity contribution in [1.82, 2.24) is 15.1 Å². The Morgan fingerprint density at radius 1 is 1.06 bits per heavy atom. The van der Waals surface area contributed by atoms with Gasteiger partial charge in [-0.2, -0.15) is 0 Å². The van der Waals surface area contributed by atoms with E-state index < -0.39 is 6.09 Å². The zero-order valence-corrected chi connectivity index (χ0v) is 10.8. The molecule has 1 amide bonds. The number of carbonyl (C=O) groups is 1. The van der Waals surface area contributed by atoms with Crippen LogP contribution in [0, 0.1) is 0 Å². The Hall–Kier alpha value is -0.810. The third kappa shape index (κ3) is 2.10. The average Bonchev–Trinajstić information content (AvgIpc) is 2.91. The van der Waals surface area contributed by atoms with Crippen LogP contribution in [-0.2, 0) is 0 Å². The number of hydrogen-bond donors (Lipinski definition) is 2. The van der Waals surface area contributed by atoms with Crippen molar-refractivity contribution in [3.8, 4) is 0 Å². The highest BCUT2D eigenvalue weighted by Gasteiger charge is 2.43. The lowest BCUT2D eigenvalue weighted by Gasteiger charge is -2.49. The van der Waals surface area contributed by atoms with E-state index in [2.05, 4.69) is 10.2 Å². The lowest BCUT2D eigenvalue weighted by Crippen LogP contribution is -2.67. The van der Waals surface area contributed by atoms with Crippen molar-refractivity contribution >= 4 is 6.09 Å². The van der Waals surface area contributed by atoms with Crippen molar-refractivity contribution in [3.05, 3.63) is 0 Å². The molecule has 18 heavy (non-hydrogen) atoms. The van der Waals surface area contributed by atoms with Gasteiger partial charge in [-0.1, -0.05) is 0 Å². The first-order valence-electron chi connectivity index (χ1n) is 7.24. The van der Waals surface area contributed by atoms with Gasteiger partial charge >= 0.3 is 6.09 Å². The van der Waals surface area contributed by atoms with E-state index in [0.717, 1.165) is 19.4 Å². The summed E-state index contributed by atoms with van der Waals surface area (Å²) >= 11 is 0. The highest BCUT2D eigenvalue weighted by molar-refractivity contribution is 5.65. The first-order chi connectivity index (χ1) is 8.77. The molecule has 2 heterocycles. The van der Waals surface area contributed by atoms with Gasteiger partial charge in [0.1, 0.15) is 0 Å². The topological polar surface area (TPSA) is 55.8 Å². The van der Waals surface area contributed by atoms with Crippen molar-refractivity contribution in [1.29, 1.82) is 0 Å². The summed E-state index contributed by atoms with van der Waals surface area (Å²) in [6, 6.07) is 1.09. The molecule has 0 spiro atoms. The predicted octanol–water partition coefficient (Wildman–Crippen LogP) is 0.955. The SMILES string of the molecule is O=C(O)N1CCNC2C(N3CCCC3)CCCC21. The number of piperazine rings is 1. The maximum atomic E-state index is 11.3. The summed E-state index contributed by atoms with van der Waals surface area (Å²) in [5.41, 5.74) is 0. The lowest BCUT2D eigenvalue weighted by atomic mass is 9.83. The summed E-state index contributed by atoms with van der Waals surface area (Å²) in [5, 5.41) is 12.9. The van der Waals surface area contributed by atoms with Crippen LogP contribution in [0.25, 0.3) is 0 Å². The maximum Gasteiger partial charge on any atom is 0.407 e. The monoisotopic (exact) mass is 253 g/mol. The van der Waals surface area contributed by atoms with Gasteiger partial charge in [-0.05, 0) is 45.2 Å². The van der Waals surface area contributed by atoms with Gasteiger partial charge in [0.25, 0.3) is 0 Å². The number of fused-ring (bicyclic) bond motifs is 1. The van der Waals surface area contributed by atoms with Gasteiger partial charge in [0, 0.05) is 25.2 Å². The Bertz CT molecular complexity index is 317. The molecule has 3 atom stereocenters. The average molecular weight is 253 g/mol. The first-order valence-corrected chi connectivity index (χ1v) is 7.24. The van der Waals surface area contributed by atoms with E-state index in [-0.39, 0.29) is 6.04 Å². The number of amides is 1. The third-order valence-corrected chi connectivity index (χ3v) is 4.82. The number of likely N-dealkylation sites (tertiary alicyclic amines) is 1. The Kier molecular flexibility index (Phi) is 3.43. The van der Waals surface area contributed by atoms with Gasteiger partial charge in [-0.15, -0.1) is 0 Å². The normalized spacial score (nSPS) is 37.6. The zero-order valence-electron chi connectivity index (χ0n) is 10.8. The van der Waals surface area contributed by atoms with Gasteiger partial charge in [0.2, 0.25) is 0 Å². The minimum atomic E-state index is -0.742. The molecule has 102 valence electrons. The quantitative estimate of drug-likeness (QED) is 0.730. The molecule has 0 radical (unpaired) electrons. The molecule has 2 aliphatic heterocycles. The van der Waals surface area contributed by atoms with Crippen molar-refractivity contribution in [2.45, 2.75) is 50.2 Å². The van der Waals surface area contributed by atoms with Crippen LogP contribution < -0.4 is 5.32 Å². The van der Waals surface area contributed by atoms with Crippen LogP contribution in [0.3, 0.4) is 0 Å². The van der Waals surface area contributed by atoms with Crippen LogP contribution in [0.5, 0.6) is 0 Å². The summed E-state index contributed by atoms with van der Waals surface area (Å²) in [7, 11) is 0.